The Morgan fingerprint density at radius 2 is 2.03 bits per heavy atom. The maximum atomic E-state index is 12.8. The van der Waals surface area contributed by atoms with Crippen LogP contribution in [0.3, 0.4) is 0 Å². The monoisotopic (exact) mass is 403 g/mol. The first-order chi connectivity index (χ1) is 14.5. The number of benzene rings is 1. The molecule has 0 fully saturated rings. The molecule has 0 spiro atoms. The molecule has 0 radical (unpaired) electrons. The van der Waals surface area contributed by atoms with E-state index in [1.54, 1.807) is 49.8 Å². The number of carbonyl (C=O) groups is 1. The van der Waals surface area contributed by atoms with Crippen molar-refractivity contribution in [1.82, 2.24) is 9.97 Å². The summed E-state index contributed by atoms with van der Waals surface area (Å²) in [5.74, 6) is 1.06. The molecular formula is C22H21N5O3. The van der Waals surface area contributed by atoms with E-state index in [-0.39, 0.29) is 11.7 Å². The summed E-state index contributed by atoms with van der Waals surface area (Å²) >= 11 is 0. The fourth-order valence-electron chi connectivity index (χ4n) is 3.14. The van der Waals surface area contributed by atoms with E-state index < -0.39 is 0 Å². The van der Waals surface area contributed by atoms with Gasteiger partial charge in [0.05, 0.1) is 25.0 Å². The number of pyridine rings is 2. The van der Waals surface area contributed by atoms with Crippen LogP contribution in [0.15, 0.2) is 59.3 Å². The summed E-state index contributed by atoms with van der Waals surface area (Å²) in [7, 11) is 1.60. The number of nitrogens with zero attached hydrogens (tertiary/aromatic N) is 2. The van der Waals surface area contributed by atoms with Gasteiger partial charge in [-0.2, -0.15) is 0 Å². The molecule has 3 aromatic heterocycles. The summed E-state index contributed by atoms with van der Waals surface area (Å²) in [6.07, 6.45) is 3.26. The number of hydrogen-bond donors (Lipinski definition) is 3. The van der Waals surface area contributed by atoms with Gasteiger partial charge < -0.3 is 25.5 Å². The number of nitrogen functional groups attached to an aromatic ring is 1. The van der Waals surface area contributed by atoms with Crippen LogP contribution in [0.2, 0.25) is 0 Å². The van der Waals surface area contributed by atoms with Crippen LogP contribution in [0.25, 0.3) is 11.0 Å². The Morgan fingerprint density at radius 3 is 2.83 bits per heavy atom. The number of aromatic nitrogens is 2. The van der Waals surface area contributed by atoms with Crippen LogP contribution in [0.5, 0.6) is 5.75 Å². The number of hydrogen-bond acceptors (Lipinski definition) is 7. The molecule has 4 N–H and O–H groups in total. The number of nitrogens with two attached hydrogens (primary N) is 1. The first-order valence-corrected chi connectivity index (χ1v) is 9.33. The van der Waals surface area contributed by atoms with Gasteiger partial charge >= 0.3 is 0 Å². The van der Waals surface area contributed by atoms with E-state index in [0.717, 1.165) is 22.3 Å². The maximum absolute atomic E-state index is 12.8. The average molecular weight is 403 g/mol. The molecule has 0 saturated heterocycles. The minimum atomic E-state index is -0.329. The Bertz CT molecular complexity index is 1220. The third kappa shape index (κ3) is 3.88. The zero-order valence-corrected chi connectivity index (χ0v) is 16.6. The Labute approximate surface area is 173 Å². The Kier molecular flexibility index (Phi) is 5.21. The first-order valence-electron chi connectivity index (χ1n) is 9.33. The minimum absolute atomic E-state index is 0.262. The highest BCUT2D eigenvalue weighted by atomic mass is 16.5. The standard InChI is InChI=1S/C22H21N5O3/c1-13-17-11-16(29-2)5-6-19(17)30-20(13)22(28)27-14-7-9-24-15(10-14)12-26-18-4-3-8-25-21(18)23/h3-11,26H,12H2,1-2H3,(H2,23,25)(H,24,27,28). The molecule has 0 aliphatic heterocycles. The highest BCUT2D eigenvalue weighted by Crippen LogP contribution is 2.29. The maximum Gasteiger partial charge on any atom is 0.291 e. The smallest absolute Gasteiger partial charge is 0.291 e. The molecule has 0 aliphatic rings. The van der Waals surface area contributed by atoms with Crippen molar-refractivity contribution in [2.45, 2.75) is 13.5 Å². The van der Waals surface area contributed by atoms with Crippen LogP contribution >= 0.6 is 0 Å². The van der Waals surface area contributed by atoms with E-state index in [2.05, 4.69) is 20.6 Å². The van der Waals surface area contributed by atoms with E-state index >= 15 is 0 Å². The van der Waals surface area contributed by atoms with E-state index in [0.29, 0.717) is 29.4 Å². The van der Waals surface area contributed by atoms with E-state index in [9.17, 15) is 4.79 Å². The van der Waals surface area contributed by atoms with Gasteiger partial charge in [0.25, 0.3) is 5.91 Å². The molecule has 8 heteroatoms. The van der Waals surface area contributed by atoms with Crippen molar-refractivity contribution in [3.05, 3.63) is 71.9 Å². The highest BCUT2D eigenvalue weighted by Gasteiger charge is 2.18. The summed E-state index contributed by atoms with van der Waals surface area (Å²) in [5, 5.41) is 6.90. The highest BCUT2D eigenvalue weighted by molar-refractivity contribution is 6.06. The number of amides is 1. The average Bonchev–Trinajstić information content (AvgIpc) is 3.09. The van der Waals surface area contributed by atoms with Crippen LogP contribution in [-0.4, -0.2) is 23.0 Å². The molecular weight excluding hydrogens is 382 g/mol. The van der Waals surface area contributed by atoms with Crippen molar-refractivity contribution in [2.24, 2.45) is 0 Å². The van der Waals surface area contributed by atoms with Crippen LogP contribution in [0, 0.1) is 6.92 Å². The molecule has 0 aliphatic carbocycles. The van der Waals surface area contributed by atoms with Gasteiger partial charge in [-0.15, -0.1) is 0 Å². The van der Waals surface area contributed by atoms with Crippen molar-refractivity contribution >= 4 is 34.1 Å². The molecule has 4 aromatic rings. The Balaban J connectivity index is 1.50. The number of carbonyl (C=O) groups excluding carboxylic acids is 1. The molecule has 30 heavy (non-hydrogen) atoms. The van der Waals surface area contributed by atoms with Gasteiger partial charge in [0.1, 0.15) is 17.2 Å². The number of methoxy groups -OCH3 is 1. The third-order valence-electron chi connectivity index (χ3n) is 4.72. The van der Waals surface area contributed by atoms with Crippen molar-refractivity contribution in [2.75, 3.05) is 23.5 Å². The minimum Gasteiger partial charge on any atom is -0.497 e. The summed E-state index contributed by atoms with van der Waals surface area (Å²) in [4.78, 5) is 21.2. The number of anilines is 3. The first kappa shape index (κ1) is 19.3. The second-order valence-corrected chi connectivity index (χ2v) is 6.70. The lowest BCUT2D eigenvalue weighted by Gasteiger charge is -2.09. The van der Waals surface area contributed by atoms with Gasteiger partial charge in [0.15, 0.2) is 5.76 Å². The van der Waals surface area contributed by atoms with Gasteiger partial charge in [-0.1, -0.05) is 0 Å². The lowest BCUT2D eigenvalue weighted by molar-refractivity contribution is 0.0998. The normalized spacial score (nSPS) is 10.7. The van der Waals surface area contributed by atoms with Gasteiger partial charge in [-0.25, -0.2) is 4.98 Å². The molecule has 152 valence electrons. The number of aryl methyl sites for hydroxylation is 1. The predicted octanol–water partition coefficient (Wildman–Crippen LogP) is 3.99. The molecule has 0 saturated carbocycles. The van der Waals surface area contributed by atoms with Crippen LogP contribution < -0.4 is 21.1 Å². The summed E-state index contributed by atoms with van der Waals surface area (Å²) < 4.78 is 11.0. The van der Waals surface area contributed by atoms with Crippen LogP contribution in [0.4, 0.5) is 17.2 Å². The second-order valence-electron chi connectivity index (χ2n) is 6.70. The fraction of sp³-hybridized carbons (Fsp3) is 0.136. The third-order valence-corrected chi connectivity index (χ3v) is 4.72. The van der Waals surface area contributed by atoms with Crippen molar-refractivity contribution in [3.8, 4) is 5.75 Å². The van der Waals surface area contributed by atoms with Crippen molar-refractivity contribution < 1.29 is 13.9 Å². The SMILES string of the molecule is COc1ccc2oc(C(=O)Nc3ccnc(CNc4cccnc4N)c3)c(C)c2c1. The van der Waals surface area contributed by atoms with Crippen molar-refractivity contribution in [3.63, 3.8) is 0 Å². The van der Waals surface area contributed by atoms with Crippen molar-refractivity contribution in [1.29, 1.82) is 0 Å². The molecule has 0 unspecified atom stereocenters. The lowest BCUT2D eigenvalue weighted by atomic mass is 10.1. The number of rotatable bonds is 6. The predicted molar refractivity (Wildman–Crippen MR) is 116 cm³/mol. The number of fused-ring (bicyclic) bond motifs is 1. The number of furan rings is 1. The summed E-state index contributed by atoms with van der Waals surface area (Å²) in [6, 6.07) is 12.6. The van der Waals surface area contributed by atoms with Crippen LogP contribution in [0.1, 0.15) is 21.8 Å². The molecule has 0 bridgehead atoms. The summed E-state index contributed by atoms with van der Waals surface area (Å²) in [6.45, 7) is 2.28. The molecule has 1 amide bonds. The number of ether oxygens (including phenoxy) is 1. The lowest BCUT2D eigenvalue weighted by Crippen LogP contribution is -2.13. The molecule has 3 heterocycles. The van der Waals surface area contributed by atoms with Gasteiger partial charge in [0, 0.05) is 29.0 Å². The van der Waals surface area contributed by atoms with Crippen LogP contribution in [-0.2, 0) is 6.54 Å². The van der Waals surface area contributed by atoms with E-state index in [4.69, 9.17) is 14.9 Å². The summed E-state index contributed by atoms with van der Waals surface area (Å²) in [5.41, 5.74) is 9.30. The zero-order valence-electron chi connectivity index (χ0n) is 16.6. The quantitative estimate of drug-likeness (QED) is 0.446. The fourth-order valence-corrected chi connectivity index (χ4v) is 3.14. The topological polar surface area (TPSA) is 115 Å². The van der Waals surface area contributed by atoms with E-state index in [1.807, 2.05) is 19.1 Å². The molecule has 0 atom stereocenters. The van der Waals surface area contributed by atoms with E-state index in [1.165, 1.54) is 0 Å². The molecule has 1 aromatic carbocycles. The Morgan fingerprint density at radius 1 is 1.17 bits per heavy atom. The zero-order chi connectivity index (χ0) is 21.1. The molecule has 8 nitrogen and oxygen atoms in total. The second kappa shape index (κ2) is 8.12. The number of nitrogens with one attached hydrogen (secondary N) is 2. The van der Waals surface area contributed by atoms with Gasteiger partial charge in [-0.3, -0.25) is 9.78 Å². The largest absolute Gasteiger partial charge is 0.497 e. The van der Waals surface area contributed by atoms with Gasteiger partial charge in [-0.05, 0) is 49.4 Å². The van der Waals surface area contributed by atoms with Gasteiger partial charge in [0.2, 0.25) is 0 Å². The molecule has 4 rings (SSSR count). The Hall–Kier alpha value is -4.07.